The van der Waals surface area contributed by atoms with Crippen molar-refractivity contribution >= 4 is 5.91 Å². The number of hydrogen-bond donors (Lipinski definition) is 1. The summed E-state index contributed by atoms with van der Waals surface area (Å²) in [6.45, 7) is 1.99. The van der Waals surface area contributed by atoms with E-state index in [9.17, 15) is 4.79 Å². The molecule has 0 bridgehead atoms. The molecule has 1 aliphatic carbocycles. The van der Waals surface area contributed by atoms with Gasteiger partial charge in [-0.25, -0.2) is 0 Å². The first-order chi connectivity index (χ1) is 13.8. The van der Waals surface area contributed by atoms with Crippen molar-refractivity contribution in [3.8, 4) is 0 Å². The van der Waals surface area contributed by atoms with Crippen LogP contribution in [0.2, 0.25) is 0 Å². The zero-order chi connectivity index (χ0) is 19.2. The van der Waals surface area contributed by atoms with E-state index in [4.69, 9.17) is 0 Å². The Labute approximate surface area is 169 Å². The second-order valence-corrected chi connectivity index (χ2v) is 8.47. The Morgan fingerprint density at radius 1 is 0.893 bits per heavy atom. The lowest BCUT2D eigenvalue weighted by Gasteiger charge is -2.37. The molecule has 3 heteroatoms. The fourth-order valence-corrected chi connectivity index (χ4v) is 4.88. The molecular formula is C25H32N2O. The third kappa shape index (κ3) is 4.82. The molecule has 1 atom stereocenters. The van der Waals surface area contributed by atoms with Crippen LogP contribution in [0.5, 0.6) is 0 Å². The van der Waals surface area contributed by atoms with Crippen molar-refractivity contribution in [1.29, 1.82) is 0 Å². The first kappa shape index (κ1) is 19.2. The van der Waals surface area contributed by atoms with Gasteiger partial charge in [-0.2, -0.15) is 0 Å². The molecule has 1 heterocycles. The van der Waals surface area contributed by atoms with Gasteiger partial charge in [0.1, 0.15) is 6.04 Å². The molecule has 2 aliphatic rings. The summed E-state index contributed by atoms with van der Waals surface area (Å²) >= 11 is 0. The lowest BCUT2D eigenvalue weighted by molar-refractivity contribution is -0.128. The SMILES string of the molecule is O=C(NC1CCCC1)C(c1ccccc1)N1CCC(Cc2ccccc2)CC1. The number of piperidine rings is 1. The van der Waals surface area contributed by atoms with Crippen molar-refractivity contribution in [1.82, 2.24) is 10.2 Å². The lowest BCUT2D eigenvalue weighted by atomic mass is 9.89. The molecule has 2 aromatic rings. The Morgan fingerprint density at radius 2 is 1.50 bits per heavy atom. The molecule has 0 aromatic heterocycles. The summed E-state index contributed by atoms with van der Waals surface area (Å²) < 4.78 is 0. The van der Waals surface area contributed by atoms with Crippen LogP contribution in [0.15, 0.2) is 60.7 Å². The van der Waals surface area contributed by atoms with Crippen molar-refractivity contribution in [2.45, 2.75) is 57.0 Å². The van der Waals surface area contributed by atoms with E-state index < -0.39 is 0 Å². The number of benzene rings is 2. The first-order valence-electron chi connectivity index (χ1n) is 10.9. The number of amides is 1. The van der Waals surface area contributed by atoms with E-state index in [0.29, 0.717) is 12.0 Å². The average Bonchev–Trinajstić information content (AvgIpc) is 3.24. The molecule has 0 spiro atoms. The van der Waals surface area contributed by atoms with Gasteiger partial charge in [-0.15, -0.1) is 0 Å². The highest BCUT2D eigenvalue weighted by Gasteiger charge is 2.32. The van der Waals surface area contributed by atoms with Crippen LogP contribution in [-0.4, -0.2) is 29.9 Å². The summed E-state index contributed by atoms with van der Waals surface area (Å²) in [7, 11) is 0. The molecule has 4 rings (SSSR count). The first-order valence-corrected chi connectivity index (χ1v) is 10.9. The van der Waals surface area contributed by atoms with Gasteiger partial charge >= 0.3 is 0 Å². The lowest BCUT2D eigenvalue weighted by Crippen LogP contribution is -2.46. The van der Waals surface area contributed by atoms with Crippen LogP contribution in [0.3, 0.4) is 0 Å². The molecule has 0 radical (unpaired) electrons. The van der Waals surface area contributed by atoms with Crippen LogP contribution < -0.4 is 5.32 Å². The van der Waals surface area contributed by atoms with Crippen LogP contribution in [0.25, 0.3) is 0 Å². The van der Waals surface area contributed by atoms with Crippen molar-refractivity contribution in [2.75, 3.05) is 13.1 Å². The van der Waals surface area contributed by atoms with E-state index in [0.717, 1.165) is 50.8 Å². The topological polar surface area (TPSA) is 32.3 Å². The Hall–Kier alpha value is -2.13. The molecule has 1 amide bonds. The average molecular weight is 377 g/mol. The standard InChI is InChI=1S/C25H32N2O/c28-25(26-23-13-7-8-14-23)24(22-11-5-2-6-12-22)27-17-15-21(16-18-27)19-20-9-3-1-4-10-20/h1-6,9-12,21,23-24H,7-8,13-19H2,(H,26,28). The summed E-state index contributed by atoms with van der Waals surface area (Å²) in [5, 5.41) is 3.35. The minimum atomic E-state index is -0.153. The van der Waals surface area contributed by atoms with Gasteiger partial charge in [0.05, 0.1) is 0 Å². The van der Waals surface area contributed by atoms with Crippen LogP contribution in [0.1, 0.15) is 55.7 Å². The highest BCUT2D eigenvalue weighted by atomic mass is 16.2. The fraction of sp³-hybridized carbons (Fsp3) is 0.480. The number of likely N-dealkylation sites (tertiary alicyclic amines) is 1. The number of nitrogens with zero attached hydrogens (tertiary/aromatic N) is 1. The second-order valence-electron chi connectivity index (χ2n) is 8.47. The maximum absolute atomic E-state index is 13.2. The van der Waals surface area contributed by atoms with Gasteiger partial charge in [0.15, 0.2) is 0 Å². The number of carbonyl (C=O) groups excluding carboxylic acids is 1. The maximum atomic E-state index is 13.2. The number of hydrogen-bond acceptors (Lipinski definition) is 2. The highest BCUT2D eigenvalue weighted by Crippen LogP contribution is 2.29. The van der Waals surface area contributed by atoms with Crippen LogP contribution in [0.4, 0.5) is 0 Å². The maximum Gasteiger partial charge on any atom is 0.242 e. The quantitative estimate of drug-likeness (QED) is 0.790. The van der Waals surface area contributed by atoms with Crippen molar-refractivity contribution < 1.29 is 4.79 Å². The Bertz CT molecular complexity index is 732. The number of rotatable bonds is 6. The smallest absolute Gasteiger partial charge is 0.242 e. The number of nitrogens with one attached hydrogen (secondary N) is 1. The summed E-state index contributed by atoms with van der Waals surface area (Å²) in [6, 6.07) is 21.4. The van der Waals surface area contributed by atoms with Gasteiger partial charge in [0.2, 0.25) is 5.91 Å². The van der Waals surface area contributed by atoms with Gasteiger partial charge in [-0.3, -0.25) is 9.69 Å². The van der Waals surface area contributed by atoms with Crippen LogP contribution in [0, 0.1) is 5.92 Å². The second kappa shape index (κ2) is 9.38. The minimum absolute atomic E-state index is 0.153. The molecule has 2 fully saturated rings. The Morgan fingerprint density at radius 3 is 2.14 bits per heavy atom. The van der Waals surface area contributed by atoms with E-state index in [1.165, 1.54) is 18.4 Å². The molecular weight excluding hydrogens is 344 g/mol. The Kier molecular flexibility index (Phi) is 6.43. The molecule has 3 nitrogen and oxygen atoms in total. The third-order valence-electron chi connectivity index (χ3n) is 6.45. The predicted octanol–water partition coefficient (Wildman–Crippen LogP) is 4.74. The van der Waals surface area contributed by atoms with Gasteiger partial charge in [-0.1, -0.05) is 73.5 Å². The molecule has 1 unspecified atom stereocenters. The van der Waals surface area contributed by atoms with Crippen molar-refractivity contribution in [3.05, 3.63) is 71.8 Å². The van der Waals surface area contributed by atoms with Crippen LogP contribution in [-0.2, 0) is 11.2 Å². The van der Waals surface area contributed by atoms with E-state index in [1.807, 2.05) is 18.2 Å². The van der Waals surface area contributed by atoms with Gasteiger partial charge < -0.3 is 5.32 Å². The minimum Gasteiger partial charge on any atom is -0.352 e. The van der Waals surface area contributed by atoms with Gasteiger partial charge in [0.25, 0.3) is 0 Å². The normalized spacial score (nSPS) is 20.1. The molecule has 28 heavy (non-hydrogen) atoms. The van der Waals surface area contributed by atoms with Crippen LogP contribution >= 0.6 is 0 Å². The summed E-state index contributed by atoms with van der Waals surface area (Å²) in [6.07, 6.45) is 8.22. The monoisotopic (exact) mass is 376 g/mol. The van der Waals surface area contributed by atoms with E-state index >= 15 is 0 Å². The summed E-state index contributed by atoms with van der Waals surface area (Å²) in [4.78, 5) is 15.6. The molecule has 1 N–H and O–H groups in total. The van der Waals surface area contributed by atoms with Gasteiger partial charge in [-0.05, 0) is 62.2 Å². The molecule has 148 valence electrons. The fourth-order valence-electron chi connectivity index (χ4n) is 4.88. The Balaban J connectivity index is 1.41. The largest absolute Gasteiger partial charge is 0.352 e. The summed E-state index contributed by atoms with van der Waals surface area (Å²) in [5.74, 6) is 0.910. The molecule has 1 aliphatic heterocycles. The molecule has 2 aromatic carbocycles. The zero-order valence-electron chi connectivity index (χ0n) is 16.7. The number of carbonyl (C=O) groups is 1. The van der Waals surface area contributed by atoms with E-state index in [1.54, 1.807) is 0 Å². The van der Waals surface area contributed by atoms with E-state index in [-0.39, 0.29) is 11.9 Å². The zero-order valence-corrected chi connectivity index (χ0v) is 16.7. The molecule has 1 saturated carbocycles. The predicted molar refractivity (Wildman–Crippen MR) is 114 cm³/mol. The summed E-state index contributed by atoms with van der Waals surface area (Å²) in [5.41, 5.74) is 2.55. The van der Waals surface area contributed by atoms with Crippen molar-refractivity contribution in [3.63, 3.8) is 0 Å². The third-order valence-corrected chi connectivity index (χ3v) is 6.45. The highest BCUT2D eigenvalue weighted by molar-refractivity contribution is 5.83. The van der Waals surface area contributed by atoms with Crippen molar-refractivity contribution in [2.24, 2.45) is 5.92 Å². The van der Waals surface area contributed by atoms with E-state index in [2.05, 4.69) is 52.7 Å². The molecule has 1 saturated heterocycles. The van der Waals surface area contributed by atoms with Gasteiger partial charge in [0, 0.05) is 6.04 Å².